The van der Waals surface area contributed by atoms with E-state index in [1.807, 2.05) is 0 Å². The molecule has 0 radical (unpaired) electrons. The van der Waals surface area contributed by atoms with Gasteiger partial charge >= 0.3 is 5.97 Å². The SMILES string of the molecule is CC(C)C1=C[C@@H]2C[C@@]3(C=O)[C@H]4CC[C@H](C)[C@@H]4C[C@]2(COCC#CCO[Si](C)(C)C(C)(C)C)[C@@]13C(=O)O. The van der Waals surface area contributed by atoms with Crippen LogP contribution < -0.4 is 0 Å². The van der Waals surface area contributed by atoms with Crippen molar-refractivity contribution in [3.63, 3.8) is 0 Å². The van der Waals surface area contributed by atoms with E-state index >= 15 is 0 Å². The first-order valence-electron chi connectivity index (χ1n) is 13.8. The molecule has 4 rings (SSSR count). The third-order valence-electron chi connectivity index (χ3n) is 11.1. The Labute approximate surface area is 218 Å². The first kappa shape index (κ1) is 27.6. The van der Waals surface area contributed by atoms with Gasteiger partial charge in [-0.15, -0.1) is 0 Å². The van der Waals surface area contributed by atoms with E-state index in [1.54, 1.807) is 0 Å². The third kappa shape index (κ3) is 3.56. The molecule has 200 valence electrons. The summed E-state index contributed by atoms with van der Waals surface area (Å²) in [6.07, 6.45) is 6.77. The number of fused-ring (bicyclic) bond motifs is 2. The lowest BCUT2D eigenvalue weighted by Gasteiger charge is -2.58. The standard InChI is InChI=1S/C30H46O5Si/c1-20(2)25-15-22-16-28(18-31)24-12-11-21(3)23(24)17-29(22,30(25,28)26(32)33)19-34-13-9-10-14-35-36(7,8)27(4,5)6/h15,18,20-24H,11-14,16-17,19H2,1-8H3,(H,32,33)/t21-,22+,23-,24-,28+,29+,30+/m0/s1. The summed E-state index contributed by atoms with van der Waals surface area (Å²) < 4.78 is 12.4. The zero-order valence-electron chi connectivity index (χ0n) is 23.6. The van der Waals surface area contributed by atoms with Gasteiger partial charge in [0.05, 0.1) is 18.6 Å². The maximum absolute atomic E-state index is 13.4. The van der Waals surface area contributed by atoms with Crippen LogP contribution in [0.2, 0.25) is 18.1 Å². The predicted octanol–water partition coefficient (Wildman–Crippen LogP) is 5.95. The van der Waals surface area contributed by atoms with Crippen LogP contribution in [-0.4, -0.2) is 45.5 Å². The summed E-state index contributed by atoms with van der Waals surface area (Å²) in [7, 11) is -1.84. The average molecular weight is 515 g/mol. The van der Waals surface area contributed by atoms with Crippen molar-refractivity contribution < 1.29 is 23.9 Å². The van der Waals surface area contributed by atoms with Gasteiger partial charge in [-0.3, -0.25) is 4.79 Å². The number of carbonyl (C=O) groups excluding carboxylic acids is 1. The molecule has 0 amide bonds. The van der Waals surface area contributed by atoms with Crippen molar-refractivity contribution in [2.45, 2.75) is 85.4 Å². The van der Waals surface area contributed by atoms with Crippen molar-refractivity contribution in [1.82, 2.24) is 0 Å². The fraction of sp³-hybridized carbons (Fsp3) is 0.800. The number of allylic oxidation sites excluding steroid dienone is 1. The van der Waals surface area contributed by atoms with Gasteiger partial charge in [0.15, 0.2) is 8.32 Å². The highest BCUT2D eigenvalue weighted by atomic mass is 28.4. The Balaban J connectivity index is 1.59. The number of carboxylic acids is 1. The molecule has 7 atom stereocenters. The number of carboxylic acid groups (broad SMARTS) is 1. The van der Waals surface area contributed by atoms with Crippen molar-refractivity contribution in [2.75, 3.05) is 19.8 Å². The molecule has 3 fully saturated rings. The van der Waals surface area contributed by atoms with E-state index in [9.17, 15) is 14.7 Å². The maximum atomic E-state index is 13.4. The minimum absolute atomic E-state index is 0.0591. The number of carbonyl (C=O) groups is 2. The summed E-state index contributed by atoms with van der Waals surface area (Å²) in [5.74, 6) is 6.54. The van der Waals surface area contributed by atoms with Gasteiger partial charge in [0.2, 0.25) is 0 Å². The summed E-state index contributed by atoms with van der Waals surface area (Å²) in [6, 6.07) is 0. The van der Waals surface area contributed by atoms with Crippen LogP contribution in [0.25, 0.3) is 0 Å². The smallest absolute Gasteiger partial charge is 0.315 e. The van der Waals surface area contributed by atoms with Crippen molar-refractivity contribution in [2.24, 2.45) is 45.8 Å². The van der Waals surface area contributed by atoms with Crippen molar-refractivity contribution in [3.8, 4) is 11.8 Å². The second-order valence-corrected chi connectivity index (χ2v) is 18.7. The van der Waals surface area contributed by atoms with Gasteiger partial charge in [-0.1, -0.05) is 71.5 Å². The van der Waals surface area contributed by atoms with Crippen molar-refractivity contribution >= 4 is 20.6 Å². The molecule has 4 aliphatic rings. The first-order valence-corrected chi connectivity index (χ1v) is 16.7. The molecular weight excluding hydrogens is 468 g/mol. The highest BCUT2D eigenvalue weighted by Gasteiger charge is 2.84. The monoisotopic (exact) mass is 514 g/mol. The fourth-order valence-electron chi connectivity index (χ4n) is 8.45. The van der Waals surface area contributed by atoms with E-state index < -0.39 is 30.5 Å². The molecule has 6 heteroatoms. The summed E-state index contributed by atoms with van der Waals surface area (Å²) in [5.41, 5.74) is -1.64. The fourth-order valence-corrected chi connectivity index (χ4v) is 9.32. The van der Waals surface area contributed by atoms with Crippen molar-refractivity contribution in [1.29, 1.82) is 0 Å². The highest BCUT2D eigenvalue weighted by Crippen LogP contribution is 2.82. The molecule has 4 bridgehead atoms. The van der Waals surface area contributed by atoms with Crippen LogP contribution in [0.4, 0.5) is 0 Å². The van der Waals surface area contributed by atoms with E-state index in [4.69, 9.17) is 9.16 Å². The highest BCUT2D eigenvalue weighted by molar-refractivity contribution is 6.74. The number of hydrogen-bond acceptors (Lipinski definition) is 4. The van der Waals surface area contributed by atoms with E-state index in [0.717, 1.165) is 31.1 Å². The summed E-state index contributed by atoms with van der Waals surface area (Å²) in [5, 5.41) is 11.1. The minimum Gasteiger partial charge on any atom is -0.481 e. The lowest BCUT2D eigenvalue weighted by atomic mass is 9.43. The molecule has 4 aliphatic carbocycles. The molecule has 3 saturated carbocycles. The Hall–Kier alpha value is -1.42. The van der Waals surface area contributed by atoms with E-state index in [2.05, 4.69) is 72.6 Å². The molecule has 0 aliphatic heterocycles. The molecule has 36 heavy (non-hydrogen) atoms. The number of rotatable bonds is 8. The van der Waals surface area contributed by atoms with Gasteiger partial charge in [0, 0.05) is 5.41 Å². The zero-order chi connectivity index (χ0) is 26.7. The number of aldehydes is 1. The van der Waals surface area contributed by atoms with Gasteiger partial charge in [0.25, 0.3) is 0 Å². The molecule has 0 unspecified atom stereocenters. The van der Waals surface area contributed by atoms with E-state index in [0.29, 0.717) is 31.5 Å². The van der Waals surface area contributed by atoms with Gasteiger partial charge in [-0.25, -0.2) is 0 Å². The van der Waals surface area contributed by atoms with Gasteiger partial charge < -0.3 is 19.1 Å². The Bertz CT molecular complexity index is 997. The molecule has 0 heterocycles. The molecule has 0 aromatic rings. The van der Waals surface area contributed by atoms with Gasteiger partial charge in [0.1, 0.15) is 18.3 Å². The summed E-state index contributed by atoms with van der Waals surface area (Å²) in [6.45, 7) is 18.5. The number of ether oxygens (including phenoxy) is 1. The van der Waals surface area contributed by atoms with Crippen molar-refractivity contribution in [3.05, 3.63) is 11.6 Å². The van der Waals surface area contributed by atoms with Crippen LogP contribution in [-0.2, 0) is 18.8 Å². The number of aliphatic carboxylic acids is 1. The Kier molecular flexibility index (Phi) is 6.98. The van der Waals surface area contributed by atoms with Gasteiger partial charge in [-0.05, 0) is 67.0 Å². The van der Waals surface area contributed by atoms with E-state index in [-0.39, 0.29) is 29.4 Å². The Morgan fingerprint density at radius 2 is 1.89 bits per heavy atom. The largest absolute Gasteiger partial charge is 0.481 e. The van der Waals surface area contributed by atoms with Crippen LogP contribution in [0.5, 0.6) is 0 Å². The third-order valence-corrected chi connectivity index (χ3v) is 15.6. The Morgan fingerprint density at radius 1 is 1.22 bits per heavy atom. The van der Waals surface area contributed by atoms with Crippen LogP contribution in [0, 0.1) is 57.7 Å². The van der Waals surface area contributed by atoms with Crippen LogP contribution >= 0.6 is 0 Å². The van der Waals surface area contributed by atoms with E-state index in [1.165, 1.54) is 0 Å². The molecule has 0 aromatic heterocycles. The first-order chi connectivity index (χ1) is 16.7. The molecule has 5 nitrogen and oxygen atoms in total. The summed E-state index contributed by atoms with van der Waals surface area (Å²) in [4.78, 5) is 26.4. The quantitative estimate of drug-likeness (QED) is 0.142. The summed E-state index contributed by atoms with van der Waals surface area (Å²) >= 11 is 0. The lowest BCUT2D eigenvalue weighted by Crippen LogP contribution is -2.63. The normalized spacial score (nSPS) is 39.0. The average Bonchev–Trinajstić information content (AvgIpc) is 3.35. The van der Waals surface area contributed by atoms with Crippen LogP contribution in [0.15, 0.2) is 11.6 Å². The Morgan fingerprint density at radius 3 is 2.47 bits per heavy atom. The molecule has 1 N–H and O–H groups in total. The van der Waals surface area contributed by atoms with Gasteiger partial charge in [-0.2, -0.15) is 0 Å². The molecule has 0 spiro atoms. The van der Waals surface area contributed by atoms with Crippen LogP contribution in [0.1, 0.15) is 67.2 Å². The minimum atomic E-state index is -1.84. The molecule has 0 saturated heterocycles. The second-order valence-electron chi connectivity index (χ2n) is 13.9. The second kappa shape index (κ2) is 9.10. The molecule has 0 aromatic carbocycles. The zero-order valence-corrected chi connectivity index (χ0v) is 24.6. The van der Waals surface area contributed by atoms with Crippen LogP contribution in [0.3, 0.4) is 0 Å². The maximum Gasteiger partial charge on any atom is 0.315 e. The molecular formula is C30H46O5Si. The predicted molar refractivity (Wildman–Crippen MR) is 144 cm³/mol. The topological polar surface area (TPSA) is 72.8 Å². The number of hydrogen-bond donors (Lipinski definition) is 1. The lowest BCUT2D eigenvalue weighted by molar-refractivity contribution is -0.186.